The fourth-order valence-electron chi connectivity index (χ4n) is 1.11. The molecule has 0 aliphatic heterocycles. The maximum absolute atomic E-state index is 10.9. The lowest BCUT2D eigenvalue weighted by Crippen LogP contribution is -2.53. The Hall–Kier alpha value is -0.610. The van der Waals surface area contributed by atoms with Crippen LogP contribution < -0.4 is 5.32 Å². The Morgan fingerprint density at radius 3 is 2.50 bits per heavy atom. The summed E-state index contributed by atoms with van der Waals surface area (Å²) < 4.78 is 4.88. The van der Waals surface area contributed by atoms with Gasteiger partial charge >= 0.3 is 5.97 Å². The van der Waals surface area contributed by atoms with Gasteiger partial charge in [-0.25, -0.2) is 0 Å². The molecule has 0 aliphatic carbocycles. The van der Waals surface area contributed by atoms with Gasteiger partial charge in [0.05, 0.1) is 6.61 Å². The Kier molecular flexibility index (Phi) is 5.72. The largest absolute Gasteiger partial charge is 0.480 e. The van der Waals surface area contributed by atoms with Crippen LogP contribution in [-0.4, -0.2) is 36.9 Å². The summed E-state index contributed by atoms with van der Waals surface area (Å²) in [5.74, 6) is -0.300. The average molecular weight is 203 g/mol. The third kappa shape index (κ3) is 4.58. The van der Waals surface area contributed by atoms with E-state index in [1.54, 1.807) is 6.92 Å². The van der Waals surface area contributed by atoms with Crippen LogP contribution in [0.15, 0.2) is 0 Å². The van der Waals surface area contributed by atoms with Gasteiger partial charge in [-0.3, -0.25) is 4.79 Å². The summed E-state index contributed by atoms with van der Waals surface area (Å²) in [5.41, 5.74) is -0.969. The van der Waals surface area contributed by atoms with E-state index in [2.05, 4.69) is 19.2 Å². The second-order valence-corrected chi connectivity index (χ2v) is 4.18. The minimum Gasteiger partial charge on any atom is -0.480 e. The van der Waals surface area contributed by atoms with Crippen molar-refractivity contribution in [3.63, 3.8) is 0 Å². The van der Waals surface area contributed by atoms with Gasteiger partial charge in [0.15, 0.2) is 0 Å². The van der Waals surface area contributed by atoms with Crippen molar-refractivity contribution in [3.05, 3.63) is 0 Å². The lowest BCUT2D eigenvalue weighted by Gasteiger charge is -2.25. The van der Waals surface area contributed by atoms with Crippen molar-refractivity contribution in [1.29, 1.82) is 0 Å². The van der Waals surface area contributed by atoms with Crippen LogP contribution in [0.25, 0.3) is 0 Å². The first kappa shape index (κ1) is 13.4. The minimum atomic E-state index is -0.969. The van der Waals surface area contributed by atoms with Gasteiger partial charge in [0.25, 0.3) is 0 Å². The number of carboxylic acid groups (broad SMARTS) is 1. The predicted molar refractivity (Wildman–Crippen MR) is 55.4 cm³/mol. The molecule has 2 N–H and O–H groups in total. The standard InChI is InChI=1S/C10H21NO3/c1-8(2)5-6-11-10(3,7-14-4)9(12)13/h8,11H,5-7H2,1-4H3,(H,12,13). The second-order valence-electron chi connectivity index (χ2n) is 4.18. The summed E-state index contributed by atoms with van der Waals surface area (Å²) in [7, 11) is 1.51. The maximum atomic E-state index is 10.9. The van der Waals surface area contributed by atoms with Gasteiger partial charge in [-0.1, -0.05) is 13.8 Å². The molecule has 84 valence electrons. The molecule has 0 heterocycles. The molecule has 4 nitrogen and oxygen atoms in total. The Morgan fingerprint density at radius 2 is 2.14 bits per heavy atom. The zero-order valence-corrected chi connectivity index (χ0v) is 9.46. The van der Waals surface area contributed by atoms with Gasteiger partial charge in [-0.05, 0) is 25.8 Å². The highest BCUT2D eigenvalue weighted by molar-refractivity contribution is 5.78. The summed E-state index contributed by atoms with van der Waals surface area (Å²) in [5, 5.41) is 12.0. The Balaban J connectivity index is 4.03. The molecule has 0 aromatic rings. The lowest BCUT2D eigenvalue weighted by atomic mass is 10.0. The first-order valence-electron chi connectivity index (χ1n) is 4.89. The molecular formula is C10H21NO3. The maximum Gasteiger partial charge on any atom is 0.326 e. The highest BCUT2D eigenvalue weighted by Gasteiger charge is 2.32. The lowest BCUT2D eigenvalue weighted by molar-refractivity contribution is -0.146. The fourth-order valence-corrected chi connectivity index (χ4v) is 1.11. The number of aliphatic carboxylic acids is 1. The number of nitrogens with one attached hydrogen (secondary N) is 1. The number of hydrogen-bond donors (Lipinski definition) is 2. The Morgan fingerprint density at radius 1 is 1.57 bits per heavy atom. The molecule has 0 bridgehead atoms. The van der Waals surface area contributed by atoms with E-state index in [9.17, 15) is 4.79 Å². The van der Waals surface area contributed by atoms with Gasteiger partial charge in [0.2, 0.25) is 0 Å². The molecule has 14 heavy (non-hydrogen) atoms. The zero-order chi connectivity index (χ0) is 11.2. The van der Waals surface area contributed by atoms with E-state index in [1.807, 2.05) is 0 Å². The first-order chi connectivity index (χ1) is 6.42. The van der Waals surface area contributed by atoms with E-state index >= 15 is 0 Å². The van der Waals surface area contributed by atoms with Gasteiger partial charge < -0.3 is 15.2 Å². The topological polar surface area (TPSA) is 58.6 Å². The summed E-state index contributed by atoms with van der Waals surface area (Å²) in [4.78, 5) is 10.9. The van der Waals surface area contributed by atoms with E-state index in [1.165, 1.54) is 7.11 Å². The number of hydrogen-bond acceptors (Lipinski definition) is 3. The zero-order valence-electron chi connectivity index (χ0n) is 9.46. The van der Waals surface area contributed by atoms with E-state index in [0.29, 0.717) is 12.5 Å². The number of methoxy groups -OCH3 is 1. The molecule has 0 aromatic heterocycles. The third-order valence-electron chi connectivity index (χ3n) is 2.14. The third-order valence-corrected chi connectivity index (χ3v) is 2.14. The quantitative estimate of drug-likeness (QED) is 0.651. The van der Waals surface area contributed by atoms with Gasteiger partial charge in [0.1, 0.15) is 5.54 Å². The summed E-state index contributed by atoms with van der Waals surface area (Å²) in [6, 6.07) is 0. The number of carboxylic acids is 1. The molecule has 0 fully saturated rings. The number of carbonyl (C=O) groups is 1. The first-order valence-corrected chi connectivity index (χ1v) is 4.89. The van der Waals surface area contributed by atoms with Crippen LogP contribution in [0, 0.1) is 5.92 Å². The highest BCUT2D eigenvalue weighted by atomic mass is 16.5. The molecule has 0 rings (SSSR count). The van der Waals surface area contributed by atoms with E-state index in [4.69, 9.17) is 9.84 Å². The second kappa shape index (κ2) is 5.98. The number of rotatable bonds is 7. The molecular weight excluding hydrogens is 182 g/mol. The SMILES string of the molecule is COCC(C)(NCCC(C)C)C(=O)O. The molecule has 0 saturated carbocycles. The monoisotopic (exact) mass is 203 g/mol. The molecule has 0 saturated heterocycles. The van der Waals surface area contributed by atoms with E-state index in [0.717, 1.165) is 6.42 Å². The van der Waals surface area contributed by atoms with Crippen LogP contribution in [-0.2, 0) is 9.53 Å². The normalized spacial score (nSPS) is 15.5. The van der Waals surface area contributed by atoms with Crippen molar-refractivity contribution in [2.75, 3.05) is 20.3 Å². The van der Waals surface area contributed by atoms with Crippen molar-refractivity contribution in [1.82, 2.24) is 5.32 Å². The van der Waals surface area contributed by atoms with Crippen LogP contribution in [0.5, 0.6) is 0 Å². The van der Waals surface area contributed by atoms with Crippen LogP contribution in [0.1, 0.15) is 27.2 Å². The molecule has 1 atom stereocenters. The van der Waals surface area contributed by atoms with E-state index < -0.39 is 11.5 Å². The smallest absolute Gasteiger partial charge is 0.326 e. The minimum absolute atomic E-state index is 0.181. The molecule has 1 unspecified atom stereocenters. The molecule has 4 heteroatoms. The van der Waals surface area contributed by atoms with Crippen molar-refractivity contribution in [3.8, 4) is 0 Å². The number of ether oxygens (including phenoxy) is 1. The van der Waals surface area contributed by atoms with Crippen LogP contribution >= 0.6 is 0 Å². The molecule has 0 amide bonds. The molecule has 0 aliphatic rings. The van der Waals surface area contributed by atoms with Gasteiger partial charge in [-0.15, -0.1) is 0 Å². The highest BCUT2D eigenvalue weighted by Crippen LogP contribution is 2.06. The van der Waals surface area contributed by atoms with Crippen molar-refractivity contribution >= 4 is 5.97 Å². The predicted octanol–water partition coefficient (Wildman–Crippen LogP) is 1.11. The average Bonchev–Trinajstić information content (AvgIpc) is 2.03. The molecule has 0 spiro atoms. The van der Waals surface area contributed by atoms with Crippen molar-refractivity contribution in [2.45, 2.75) is 32.7 Å². The summed E-state index contributed by atoms with van der Waals surface area (Å²) in [6.07, 6.45) is 0.965. The van der Waals surface area contributed by atoms with Gasteiger partial charge in [0, 0.05) is 7.11 Å². The molecule has 0 aromatic carbocycles. The van der Waals surface area contributed by atoms with Crippen LogP contribution in [0.4, 0.5) is 0 Å². The van der Waals surface area contributed by atoms with Crippen LogP contribution in [0.3, 0.4) is 0 Å². The van der Waals surface area contributed by atoms with E-state index in [-0.39, 0.29) is 6.61 Å². The Labute approximate surface area is 85.6 Å². The van der Waals surface area contributed by atoms with Gasteiger partial charge in [-0.2, -0.15) is 0 Å². The van der Waals surface area contributed by atoms with Crippen molar-refractivity contribution in [2.24, 2.45) is 5.92 Å². The Bertz CT molecular complexity index is 182. The summed E-state index contributed by atoms with van der Waals surface area (Å²) in [6.45, 7) is 6.73. The molecule has 0 radical (unpaired) electrons. The van der Waals surface area contributed by atoms with Crippen LogP contribution in [0.2, 0.25) is 0 Å². The van der Waals surface area contributed by atoms with Crippen molar-refractivity contribution < 1.29 is 14.6 Å². The fraction of sp³-hybridized carbons (Fsp3) is 0.900. The summed E-state index contributed by atoms with van der Waals surface area (Å²) >= 11 is 0.